The molecular formula is C22H47O6P. The lowest BCUT2D eigenvalue weighted by atomic mass is 10.0. The summed E-state index contributed by atoms with van der Waals surface area (Å²) in [6.07, 6.45) is 20.7. The van der Waals surface area contributed by atoms with E-state index in [1.165, 1.54) is 103 Å². The second-order valence-corrected chi connectivity index (χ2v) is 9.14. The Kier molecular flexibility index (Phi) is 21.3. The standard InChI is InChI=1S/C22H47O6P/c1-3-4-5-6-7-8-9-10-11-12-13-14-15-16-17-18-19-26-20-21-27-22(2)28-29(23,24)25/h22H,3-21H2,1-2H3,(H2,23,24,25). The van der Waals surface area contributed by atoms with Crippen LogP contribution in [0, 0.1) is 0 Å². The highest BCUT2D eigenvalue weighted by molar-refractivity contribution is 7.46. The predicted molar refractivity (Wildman–Crippen MR) is 119 cm³/mol. The summed E-state index contributed by atoms with van der Waals surface area (Å²) in [6.45, 7) is 5.10. The van der Waals surface area contributed by atoms with Crippen molar-refractivity contribution in [2.24, 2.45) is 0 Å². The molecule has 0 rings (SSSR count). The molecule has 1 atom stereocenters. The minimum Gasteiger partial charge on any atom is -0.379 e. The van der Waals surface area contributed by atoms with Crippen LogP contribution < -0.4 is 0 Å². The van der Waals surface area contributed by atoms with Crippen molar-refractivity contribution in [3.05, 3.63) is 0 Å². The summed E-state index contributed by atoms with van der Waals surface area (Å²) in [5, 5.41) is 0. The fraction of sp³-hybridized carbons (Fsp3) is 1.00. The van der Waals surface area contributed by atoms with Gasteiger partial charge in [-0.1, -0.05) is 103 Å². The average molecular weight is 439 g/mol. The van der Waals surface area contributed by atoms with Crippen molar-refractivity contribution in [2.75, 3.05) is 19.8 Å². The quantitative estimate of drug-likeness (QED) is 0.104. The van der Waals surface area contributed by atoms with Crippen LogP contribution in [0.3, 0.4) is 0 Å². The molecule has 176 valence electrons. The molecule has 0 heterocycles. The topological polar surface area (TPSA) is 85.2 Å². The first kappa shape index (κ1) is 29.0. The van der Waals surface area contributed by atoms with E-state index < -0.39 is 14.1 Å². The molecule has 0 aromatic carbocycles. The number of phosphoric ester groups is 1. The summed E-state index contributed by atoms with van der Waals surface area (Å²) < 4.78 is 25.5. The third-order valence-electron chi connectivity index (χ3n) is 5.01. The van der Waals surface area contributed by atoms with E-state index in [4.69, 9.17) is 19.3 Å². The van der Waals surface area contributed by atoms with Gasteiger partial charge in [0.15, 0.2) is 6.29 Å². The molecule has 0 aromatic rings. The number of unbranched alkanes of at least 4 members (excludes halogenated alkanes) is 15. The second-order valence-electron chi connectivity index (χ2n) is 7.95. The van der Waals surface area contributed by atoms with Gasteiger partial charge in [0.2, 0.25) is 0 Å². The third kappa shape index (κ3) is 26.0. The van der Waals surface area contributed by atoms with Crippen molar-refractivity contribution >= 4 is 7.82 Å². The first-order valence-electron chi connectivity index (χ1n) is 11.9. The highest BCUT2D eigenvalue weighted by Gasteiger charge is 2.18. The summed E-state index contributed by atoms with van der Waals surface area (Å²) in [6, 6.07) is 0. The normalized spacial score (nSPS) is 13.1. The maximum Gasteiger partial charge on any atom is 0.471 e. The van der Waals surface area contributed by atoms with Gasteiger partial charge >= 0.3 is 7.82 Å². The molecule has 0 aliphatic heterocycles. The maximum absolute atomic E-state index is 10.6. The van der Waals surface area contributed by atoms with E-state index in [1.54, 1.807) is 0 Å². The van der Waals surface area contributed by atoms with E-state index in [2.05, 4.69) is 11.4 Å². The Morgan fingerprint density at radius 2 is 1.07 bits per heavy atom. The molecule has 0 amide bonds. The number of hydrogen-bond donors (Lipinski definition) is 2. The van der Waals surface area contributed by atoms with E-state index >= 15 is 0 Å². The Hall–Kier alpha value is 0.0300. The summed E-state index contributed by atoms with van der Waals surface area (Å²) in [5.74, 6) is 0. The van der Waals surface area contributed by atoms with Crippen molar-refractivity contribution in [3.8, 4) is 0 Å². The van der Waals surface area contributed by atoms with Gasteiger partial charge in [-0.2, -0.15) is 0 Å². The average Bonchev–Trinajstić information content (AvgIpc) is 2.65. The van der Waals surface area contributed by atoms with Crippen LogP contribution >= 0.6 is 7.82 Å². The first-order valence-corrected chi connectivity index (χ1v) is 13.4. The Bertz CT molecular complexity index is 374. The number of phosphoric acid groups is 1. The Balaban J connectivity index is 3.11. The molecule has 0 aliphatic rings. The highest BCUT2D eigenvalue weighted by Crippen LogP contribution is 2.37. The molecule has 0 aromatic heterocycles. The number of ether oxygens (including phenoxy) is 2. The molecule has 6 nitrogen and oxygen atoms in total. The third-order valence-corrected chi connectivity index (χ3v) is 5.58. The van der Waals surface area contributed by atoms with Crippen molar-refractivity contribution in [1.82, 2.24) is 0 Å². The van der Waals surface area contributed by atoms with Crippen molar-refractivity contribution in [2.45, 2.75) is 123 Å². The van der Waals surface area contributed by atoms with Gasteiger partial charge in [0.05, 0.1) is 13.2 Å². The van der Waals surface area contributed by atoms with Gasteiger partial charge in [0, 0.05) is 6.61 Å². The summed E-state index contributed by atoms with van der Waals surface area (Å²) >= 11 is 0. The van der Waals surface area contributed by atoms with Crippen LogP contribution in [-0.4, -0.2) is 35.9 Å². The molecule has 2 N–H and O–H groups in total. The Labute approximate surface area is 179 Å². The van der Waals surface area contributed by atoms with Gasteiger partial charge in [-0.3, -0.25) is 4.52 Å². The van der Waals surface area contributed by atoms with Crippen LogP contribution in [0.1, 0.15) is 117 Å². The summed E-state index contributed by atoms with van der Waals surface area (Å²) in [4.78, 5) is 17.3. The molecular weight excluding hydrogens is 391 g/mol. The monoisotopic (exact) mass is 438 g/mol. The summed E-state index contributed by atoms with van der Waals surface area (Å²) in [7, 11) is -4.48. The zero-order valence-electron chi connectivity index (χ0n) is 19.0. The van der Waals surface area contributed by atoms with Gasteiger partial charge < -0.3 is 19.3 Å². The first-order chi connectivity index (χ1) is 14.0. The lowest BCUT2D eigenvalue weighted by Gasteiger charge is -2.14. The fourth-order valence-corrected chi connectivity index (χ4v) is 3.80. The number of hydrogen-bond acceptors (Lipinski definition) is 4. The largest absolute Gasteiger partial charge is 0.471 e. The predicted octanol–water partition coefficient (Wildman–Crippen LogP) is 6.74. The van der Waals surface area contributed by atoms with E-state index in [0.29, 0.717) is 13.2 Å². The van der Waals surface area contributed by atoms with Crippen molar-refractivity contribution in [3.63, 3.8) is 0 Å². The van der Waals surface area contributed by atoms with Crippen molar-refractivity contribution < 1.29 is 28.3 Å². The van der Waals surface area contributed by atoms with Crippen LogP contribution in [-0.2, 0) is 18.6 Å². The van der Waals surface area contributed by atoms with E-state index in [-0.39, 0.29) is 6.61 Å². The van der Waals surface area contributed by atoms with Crippen molar-refractivity contribution in [1.29, 1.82) is 0 Å². The fourth-order valence-electron chi connectivity index (χ4n) is 3.35. The SMILES string of the molecule is CCCCCCCCCCCCCCCCCCOCCOC(C)OP(=O)(O)O. The van der Waals surface area contributed by atoms with Gasteiger partial charge in [0.25, 0.3) is 0 Å². The molecule has 0 fully saturated rings. The number of rotatable bonds is 23. The molecule has 0 saturated heterocycles. The van der Waals surface area contributed by atoms with Crippen LogP contribution in [0.25, 0.3) is 0 Å². The molecule has 0 spiro atoms. The zero-order chi connectivity index (χ0) is 21.6. The van der Waals surface area contributed by atoms with E-state index in [0.717, 1.165) is 6.42 Å². The second kappa shape index (κ2) is 21.3. The smallest absolute Gasteiger partial charge is 0.379 e. The van der Waals surface area contributed by atoms with Crippen LogP contribution in [0.15, 0.2) is 0 Å². The molecule has 0 saturated carbocycles. The molecule has 0 aliphatic carbocycles. The van der Waals surface area contributed by atoms with Gasteiger partial charge in [0.1, 0.15) is 0 Å². The lowest BCUT2D eigenvalue weighted by molar-refractivity contribution is -0.0939. The van der Waals surface area contributed by atoms with Crippen LogP contribution in [0.4, 0.5) is 0 Å². The van der Waals surface area contributed by atoms with Gasteiger partial charge in [-0.05, 0) is 13.3 Å². The molecule has 0 radical (unpaired) electrons. The maximum atomic E-state index is 10.6. The van der Waals surface area contributed by atoms with Gasteiger partial charge in [-0.25, -0.2) is 4.57 Å². The summed E-state index contributed by atoms with van der Waals surface area (Å²) in [5.41, 5.74) is 0. The lowest BCUT2D eigenvalue weighted by Crippen LogP contribution is -2.15. The Morgan fingerprint density at radius 1 is 0.655 bits per heavy atom. The highest BCUT2D eigenvalue weighted by atomic mass is 31.2. The van der Waals surface area contributed by atoms with E-state index in [1.807, 2.05) is 0 Å². The molecule has 0 bridgehead atoms. The molecule has 7 heteroatoms. The van der Waals surface area contributed by atoms with Gasteiger partial charge in [-0.15, -0.1) is 0 Å². The zero-order valence-corrected chi connectivity index (χ0v) is 19.9. The van der Waals surface area contributed by atoms with Crippen LogP contribution in [0.5, 0.6) is 0 Å². The molecule has 1 unspecified atom stereocenters. The van der Waals surface area contributed by atoms with E-state index in [9.17, 15) is 4.57 Å². The Morgan fingerprint density at radius 3 is 1.48 bits per heavy atom. The molecule has 29 heavy (non-hydrogen) atoms. The minimum absolute atomic E-state index is 0.264. The van der Waals surface area contributed by atoms with Crippen LogP contribution in [0.2, 0.25) is 0 Å². The minimum atomic E-state index is -4.48.